The number of fused-ring (bicyclic) bond motifs is 3. The second kappa shape index (κ2) is 22.7. The van der Waals surface area contributed by atoms with Crippen molar-refractivity contribution in [3.63, 3.8) is 0 Å². The number of nitriles is 1. The van der Waals surface area contributed by atoms with Gasteiger partial charge in [-0.15, -0.1) is 0 Å². The predicted octanol–water partition coefficient (Wildman–Crippen LogP) is 4.80. The van der Waals surface area contributed by atoms with Gasteiger partial charge in [0.25, 0.3) is 11.7 Å². The number of ketones is 1. The molecule has 2 bridgehead atoms. The maximum Gasteiger partial charge on any atom is 0.329 e. The molecule has 1 saturated carbocycles. The third kappa shape index (κ3) is 12.0. The summed E-state index contributed by atoms with van der Waals surface area (Å²) < 4.78 is 30.0. The highest BCUT2D eigenvalue weighted by Crippen LogP contribution is 2.39. The monoisotopic (exact) mass is 846 g/mol. The summed E-state index contributed by atoms with van der Waals surface area (Å²) in [6.45, 7) is 11.2. The molecule has 15 heteroatoms. The minimum absolute atomic E-state index is 0.00846. The Kier molecular flexibility index (Phi) is 18.7. The van der Waals surface area contributed by atoms with Gasteiger partial charge in [-0.05, 0) is 95.5 Å². The third-order valence-electron chi connectivity index (χ3n) is 13.2. The lowest BCUT2D eigenvalue weighted by atomic mass is 9.81. The number of hydrogen-bond acceptors (Lipinski definition) is 14. The number of esters is 1. The lowest BCUT2D eigenvalue weighted by Crippen LogP contribution is -2.64. The first-order chi connectivity index (χ1) is 28.5. The molecule has 3 heterocycles. The van der Waals surface area contributed by atoms with E-state index in [0.717, 1.165) is 5.57 Å². The number of oxime groups is 1. The average Bonchev–Trinajstić information content (AvgIpc) is 3.23. The Bertz CT molecular complexity index is 1590. The van der Waals surface area contributed by atoms with Crippen LogP contribution in [-0.4, -0.2) is 133 Å². The van der Waals surface area contributed by atoms with Crippen molar-refractivity contribution in [1.29, 1.82) is 5.26 Å². The highest BCUT2D eigenvalue weighted by atomic mass is 16.7. The van der Waals surface area contributed by atoms with Gasteiger partial charge in [0.1, 0.15) is 24.3 Å². The van der Waals surface area contributed by atoms with Crippen molar-refractivity contribution in [3.8, 4) is 6.07 Å². The molecule has 0 aromatic heterocycles. The largest absolute Gasteiger partial charge is 0.456 e. The Morgan fingerprint density at radius 2 is 1.67 bits per heavy atom. The summed E-state index contributed by atoms with van der Waals surface area (Å²) in [5, 5.41) is 48.2. The molecule has 3 fully saturated rings. The molecule has 1 aliphatic carbocycles. The Labute approximate surface area is 356 Å². The SMILES string of the molecule is CC[C@@H]1/C=C(\C)C[C@H](C)C[C@H](OC)[C@H]2O[C@@](O)(C(=O)C(=O)N3CCCC[C@H]3C(=O)O[C@H](/C(C)=C/[C@@H]3CC[C@@H](O)[C@H](OC)C3)[C@H](C)[C@@H](O)C/C1=N\OCC#N)[C@H](C)C[C@@H]2OC. The summed E-state index contributed by atoms with van der Waals surface area (Å²) in [6.07, 6.45) is 4.14. The molecule has 14 atom stereocenters. The van der Waals surface area contributed by atoms with E-state index >= 15 is 0 Å². The Morgan fingerprint density at radius 1 is 0.983 bits per heavy atom. The fourth-order valence-electron chi connectivity index (χ4n) is 9.66. The topological polar surface area (TPSA) is 207 Å². The molecule has 4 rings (SSSR count). The van der Waals surface area contributed by atoms with Gasteiger partial charge in [0.2, 0.25) is 12.4 Å². The van der Waals surface area contributed by atoms with Crippen LogP contribution in [-0.2, 0) is 42.9 Å². The van der Waals surface area contributed by atoms with E-state index in [1.165, 1.54) is 19.1 Å². The molecule has 2 saturated heterocycles. The quantitative estimate of drug-likeness (QED) is 0.0989. The fraction of sp³-hybridized carbons (Fsp3) is 0.800. The van der Waals surface area contributed by atoms with Crippen molar-refractivity contribution < 1.29 is 58.2 Å². The third-order valence-corrected chi connectivity index (χ3v) is 13.2. The summed E-state index contributed by atoms with van der Waals surface area (Å²) in [4.78, 5) is 49.6. The number of nitrogens with zero attached hydrogens (tertiary/aromatic N) is 3. The normalized spacial score (nSPS) is 40.0. The molecule has 3 N–H and O–H groups in total. The number of aliphatic hydroxyl groups excluding tert-OH is 2. The van der Waals surface area contributed by atoms with Crippen LogP contribution in [0.1, 0.15) is 112 Å². The number of ether oxygens (including phenoxy) is 5. The number of aliphatic hydroxyl groups is 3. The first kappa shape index (κ1) is 49.4. The first-order valence-corrected chi connectivity index (χ1v) is 21.8. The van der Waals surface area contributed by atoms with E-state index < -0.39 is 77.9 Å². The second-order valence-electron chi connectivity index (χ2n) is 17.7. The van der Waals surface area contributed by atoms with Crippen molar-refractivity contribution in [2.24, 2.45) is 34.7 Å². The number of methoxy groups -OCH3 is 3. The van der Waals surface area contributed by atoms with Crippen LogP contribution in [0.15, 0.2) is 28.5 Å². The zero-order valence-corrected chi connectivity index (χ0v) is 37.2. The highest BCUT2D eigenvalue weighted by Gasteiger charge is 2.56. The van der Waals surface area contributed by atoms with Crippen LogP contribution in [0.3, 0.4) is 0 Å². The van der Waals surface area contributed by atoms with Crippen LogP contribution < -0.4 is 0 Å². The van der Waals surface area contributed by atoms with Crippen molar-refractivity contribution in [3.05, 3.63) is 23.3 Å². The van der Waals surface area contributed by atoms with E-state index in [1.54, 1.807) is 21.0 Å². The minimum atomic E-state index is -2.51. The van der Waals surface area contributed by atoms with Crippen LogP contribution in [0.2, 0.25) is 0 Å². The lowest BCUT2D eigenvalue weighted by Gasteiger charge is -2.47. The molecular weight excluding hydrogens is 775 g/mol. The summed E-state index contributed by atoms with van der Waals surface area (Å²) in [6, 6.07) is 0.805. The molecule has 60 heavy (non-hydrogen) atoms. The number of cyclic esters (lactones) is 1. The number of amides is 1. The molecule has 0 aromatic rings. The molecule has 4 aliphatic rings. The van der Waals surface area contributed by atoms with Crippen LogP contribution in [0.25, 0.3) is 0 Å². The maximum absolute atomic E-state index is 14.4. The second-order valence-corrected chi connectivity index (χ2v) is 17.7. The molecule has 0 unspecified atom stereocenters. The van der Waals surface area contributed by atoms with Crippen molar-refractivity contribution in [1.82, 2.24) is 4.90 Å². The number of Topliss-reactive ketones (excluding diaryl/α,β-unsaturated/α-hetero) is 1. The van der Waals surface area contributed by atoms with Gasteiger partial charge in [0.15, 0.2) is 0 Å². The summed E-state index contributed by atoms with van der Waals surface area (Å²) >= 11 is 0. The molecule has 0 aromatic carbocycles. The zero-order chi connectivity index (χ0) is 44.3. The molecule has 338 valence electrons. The number of rotatable bonds is 8. The van der Waals surface area contributed by atoms with Crippen LogP contribution in [0, 0.1) is 40.9 Å². The summed E-state index contributed by atoms with van der Waals surface area (Å²) in [5.41, 5.74) is 2.25. The molecule has 15 nitrogen and oxygen atoms in total. The van der Waals surface area contributed by atoms with Crippen molar-refractivity contribution >= 4 is 23.4 Å². The molecule has 3 aliphatic heterocycles. The number of carbonyl (C=O) groups is 3. The first-order valence-electron chi connectivity index (χ1n) is 21.8. The number of allylic oxidation sites excluding steroid dienone is 3. The summed E-state index contributed by atoms with van der Waals surface area (Å²) in [5.74, 6) is -7.21. The van der Waals surface area contributed by atoms with E-state index in [1.807, 2.05) is 32.9 Å². The molecule has 0 radical (unpaired) electrons. The van der Waals surface area contributed by atoms with Gasteiger partial charge in [-0.2, -0.15) is 5.26 Å². The van der Waals surface area contributed by atoms with Crippen molar-refractivity contribution in [2.45, 2.75) is 167 Å². The highest BCUT2D eigenvalue weighted by molar-refractivity contribution is 6.39. The van der Waals surface area contributed by atoms with Gasteiger partial charge >= 0.3 is 5.97 Å². The van der Waals surface area contributed by atoms with Gasteiger partial charge in [0, 0.05) is 52.0 Å². The van der Waals surface area contributed by atoms with E-state index in [-0.39, 0.29) is 56.3 Å². The molecular formula is C45H71N3O12. The van der Waals surface area contributed by atoms with Gasteiger partial charge in [-0.3, -0.25) is 9.59 Å². The van der Waals surface area contributed by atoms with Gasteiger partial charge in [0.05, 0.1) is 36.2 Å². The minimum Gasteiger partial charge on any atom is -0.456 e. The number of hydrogen-bond donors (Lipinski definition) is 3. The van der Waals surface area contributed by atoms with E-state index in [4.69, 9.17) is 28.5 Å². The smallest absolute Gasteiger partial charge is 0.329 e. The van der Waals surface area contributed by atoms with Gasteiger partial charge in [-0.25, -0.2) is 4.79 Å². The lowest BCUT2D eigenvalue weighted by molar-refractivity contribution is -0.302. The average molecular weight is 846 g/mol. The Balaban J connectivity index is 1.82. The van der Waals surface area contributed by atoms with Crippen LogP contribution >= 0.6 is 0 Å². The van der Waals surface area contributed by atoms with Crippen LogP contribution in [0.5, 0.6) is 0 Å². The van der Waals surface area contributed by atoms with Gasteiger partial charge in [-0.1, -0.05) is 50.6 Å². The predicted molar refractivity (Wildman–Crippen MR) is 222 cm³/mol. The zero-order valence-electron chi connectivity index (χ0n) is 37.2. The van der Waals surface area contributed by atoms with E-state index in [2.05, 4.69) is 18.2 Å². The van der Waals surface area contributed by atoms with E-state index in [9.17, 15) is 35.0 Å². The number of carbonyl (C=O) groups excluding carboxylic acids is 3. The fourth-order valence-corrected chi connectivity index (χ4v) is 9.66. The van der Waals surface area contributed by atoms with E-state index in [0.29, 0.717) is 62.7 Å². The van der Waals surface area contributed by atoms with Crippen molar-refractivity contribution in [2.75, 3.05) is 34.5 Å². The van der Waals surface area contributed by atoms with Gasteiger partial charge < -0.3 is 48.7 Å². The Morgan fingerprint density at radius 3 is 2.32 bits per heavy atom. The molecule has 1 amide bonds. The maximum atomic E-state index is 14.4. The summed E-state index contributed by atoms with van der Waals surface area (Å²) in [7, 11) is 4.64. The number of piperidine rings is 1. The van der Waals surface area contributed by atoms with Crippen LogP contribution in [0.4, 0.5) is 0 Å². The standard InChI is InChI=1S/C45H71N3O12/c1-10-32-20-26(2)19-27(3)21-38(56-8)41-39(57-9)23-29(5)45(54,60-41)42(51)43(52)48-17-12-11-13-34(48)44(53)59-40(30(6)36(50)25-33(32)47-58-18-16-46)28(4)22-31-14-15-35(49)37(24-31)55-7/h20,22,27,29-32,34-41,49-50,54H,10-15,17-19,21,23-25H2,1-9H3/b26-20+,28-22+,47-33+/t27-,29+,30+,31-,32+,34-,35+,36-,37+,38-,39-,40+,41+,45+/m0/s1. The molecule has 0 spiro atoms. The Hall–Kier alpha value is -3.23.